The Morgan fingerprint density at radius 1 is 1.00 bits per heavy atom. The summed E-state index contributed by atoms with van der Waals surface area (Å²) >= 11 is 6.94. The van der Waals surface area contributed by atoms with E-state index in [1.807, 2.05) is 0 Å². The van der Waals surface area contributed by atoms with Gasteiger partial charge in [0.05, 0.1) is 0 Å². The van der Waals surface area contributed by atoms with Gasteiger partial charge in [-0.25, -0.2) is 0 Å². The van der Waals surface area contributed by atoms with Crippen molar-refractivity contribution in [1.82, 2.24) is 0 Å². The highest BCUT2D eigenvalue weighted by molar-refractivity contribution is 7.20. The molecule has 0 nitrogen and oxygen atoms in total. The molecule has 0 saturated carbocycles. The summed E-state index contributed by atoms with van der Waals surface area (Å²) in [5.41, 5.74) is 7.49. The van der Waals surface area contributed by atoms with Crippen molar-refractivity contribution < 1.29 is 0 Å². The van der Waals surface area contributed by atoms with Crippen LogP contribution >= 0.6 is 11.1 Å². The Morgan fingerprint density at radius 3 is 2.39 bits per heavy atom. The van der Waals surface area contributed by atoms with Crippen molar-refractivity contribution >= 4 is 24.5 Å². The van der Waals surface area contributed by atoms with Gasteiger partial charge in [0.15, 0.2) is 7.38 Å². The SMILES string of the molecule is CCCCC1=Cc2c(-c3ccccc3)cccc2C1[Si](C)(C)Cl. The van der Waals surface area contributed by atoms with Crippen LogP contribution in [0.4, 0.5) is 0 Å². The lowest BCUT2D eigenvalue weighted by Gasteiger charge is -2.27. The second-order valence-electron chi connectivity index (χ2n) is 6.99. The van der Waals surface area contributed by atoms with Crippen LogP contribution in [0.15, 0.2) is 54.1 Å². The summed E-state index contributed by atoms with van der Waals surface area (Å²) in [7, 11) is -1.81. The van der Waals surface area contributed by atoms with Crippen LogP contribution in [0, 0.1) is 0 Å². The van der Waals surface area contributed by atoms with Crippen molar-refractivity contribution in [3.05, 3.63) is 65.2 Å². The maximum absolute atomic E-state index is 6.94. The Bertz CT molecular complexity index is 710. The fourth-order valence-corrected chi connectivity index (χ4v) is 6.62. The zero-order valence-electron chi connectivity index (χ0n) is 14.3. The third-order valence-corrected chi connectivity index (χ3v) is 7.45. The molecule has 0 aromatic heterocycles. The first-order valence-corrected chi connectivity index (χ1v) is 12.7. The van der Waals surface area contributed by atoms with Gasteiger partial charge >= 0.3 is 0 Å². The summed E-state index contributed by atoms with van der Waals surface area (Å²) in [5.74, 6) is 0. The van der Waals surface area contributed by atoms with Gasteiger partial charge in [0.25, 0.3) is 0 Å². The highest BCUT2D eigenvalue weighted by atomic mass is 35.6. The van der Waals surface area contributed by atoms with E-state index in [2.05, 4.69) is 74.6 Å². The molecule has 0 spiro atoms. The third kappa shape index (κ3) is 3.31. The number of halogens is 1. The molecule has 2 aromatic rings. The molecule has 0 fully saturated rings. The fourth-order valence-electron chi connectivity index (χ4n) is 3.74. The minimum atomic E-state index is -1.81. The number of rotatable bonds is 5. The molecule has 0 heterocycles. The van der Waals surface area contributed by atoms with E-state index in [1.54, 1.807) is 5.57 Å². The van der Waals surface area contributed by atoms with E-state index < -0.39 is 7.38 Å². The number of benzene rings is 2. The summed E-state index contributed by atoms with van der Waals surface area (Å²) < 4.78 is 0. The zero-order chi connectivity index (χ0) is 16.4. The van der Waals surface area contributed by atoms with E-state index in [9.17, 15) is 0 Å². The summed E-state index contributed by atoms with van der Waals surface area (Å²) in [4.78, 5) is 0. The van der Waals surface area contributed by atoms with E-state index in [0.717, 1.165) is 0 Å². The Labute approximate surface area is 145 Å². The van der Waals surface area contributed by atoms with E-state index in [-0.39, 0.29) is 0 Å². The first-order valence-electron chi connectivity index (χ1n) is 8.60. The van der Waals surface area contributed by atoms with E-state index in [0.29, 0.717) is 5.54 Å². The highest BCUT2D eigenvalue weighted by Crippen LogP contribution is 2.48. The second kappa shape index (κ2) is 6.66. The molecule has 0 saturated heterocycles. The minimum Gasteiger partial charge on any atom is -0.167 e. The van der Waals surface area contributed by atoms with Crippen molar-refractivity contribution in [2.24, 2.45) is 0 Å². The standard InChI is InChI=1S/C21H25ClSi/c1-4-5-10-17-15-20-18(16-11-7-6-8-12-16)13-9-14-19(20)21(17)23(2,3)22/h6-9,11-15,21H,4-5,10H2,1-3H3. The predicted molar refractivity (Wildman–Crippen MR) is 105 cm³/mol. The lowest BCUT2D eigenvalue weighted by Crippen LogP contribution is -2.28. The lowest BCUT2D eigenvalue weighted by atomic mass is 9.97. The topological polar surface area (TPSA) is 0 Å². The molecule has 0 aliphatic heterocycles. The van der Waals surface area contributed by atoms with Gasteiger partial charge in [-0.15, -0.1) is 0 Å². The van der Waals surface area contributed by atoms with Gasteiger partial charge in [-0.1, -0.05) is 86.6 Å². The monoisotopic (exact) mass is 340 g/mol. The normalized spacial score (nSPS) is 17.0. The van der Waals surface area contributed by atoms with Gasteiger partial charge in [-0.2, -0.15) is 11.1 Å². The van der Waals surface area contributed by atoms with Crippen LogP contribution in [-0.2, 0) is 0 Å². The van der Waals surface area contributed by atoms with Crippen molar-refractivity contribution in [3.63, 3.8) is 0 Å². The molecule has 1 unspecified atom stereocenters. The van der Waals surface area contributed by atoms with Crippen LogP contribution in [0.1, 0.15) is 42.9 Å². The fraction of sp³-hybridized carbons (Fsp3) is 0.333. The van der Waals surface area contributed by atoms with Gasteiger partial charge in [-0.05, 0) is 35.1 Å². The second-order valence-corrected chi connectivity index (χ2v) is 13.6. The van der Waals surface area contributed by atoms with Crippen LogP contribution in [-0.4, -0.2) is 7.38 Å². The van der Waals surface area contributed by atoms with Crippen molar-refractivity contribution in [2.45, 2.75) is 44.8 Å². The molecule has 2 aromatic carbocycles. The van der Waals surface area contributed by atoms with Crippen molar-refractivity contribution in [1.29, 1.82) is 0 Å². The number of hydrogen-bond donors (Lipinski definition) is 0. The largest absolute Gasteiger partial charge is 0.167 e. The van der Waals surface area contributed by atoms with Crippen LogP contribution in [0.3, 0.4) is 0 Å². The molecule has 2 heteroatoms. The quantitative estimate of drug-likeness (QED) is 0.405. The van der Waals surface area contributed by atoms with E-state index >= 15 is 0 Å². The number of hydrogen-bond acceptors (Lipinski definition) is 0. The highest BCUT2D eigenvalue weighted by Gasteiger charge is 2.38. The zero-order valence-corrected chi connectivity index (χ0v) is 16.0. The van der Waals surface area contributed by atoms with Crippen LogP contribution in [0.25, 0.3) is 17.2 Å². The molecule has 1 aliphatic carbocycles. The van der Waals surface area contributed by atoms with Crippen molar-refractivity contribution in [2.75, 3.05) is 0 Å². The Morgan fingerprint density at radius 2 is 1.74 bits per heavy atom. The number of fused-ring (bicyclic) bond motifs is 1. The Balaban J connectivity index is 2.11. The van der Waals surface area contributed by atoms with Crippen LogP contribution in [0.5, 0.6) is 0 Å². The Hall–Kier alpha value is -1.31. The van der Waals surface area contributed by atoms with Gasteiger partial charge in [0.2, 0.25) is 0 Å². The molecule has 1 aliphatic rings. The Kier molecular flexibility index (Phi) is 4.79. The van der Waals surface area contributed by atoms with Gasteiger partial charge in [0, 0.05) is 5.54 Å². The molecular formula is C21H25ClSi. The van der Waals surface area contributed by atoms with Gasteiger partial charge in [-0.3, -0.25) is 0 Å². The maximum atomic E-state index is 6.94. The molecule has 0 bridgehead atoms. The number of allylic oxidation sites excluding steroid dienone is 1. The lowest BCUT2D eigenvalue weighted by molar-refractivity contribution is 0.770. The first-order chi connectivity index (χ1) is 11.0. The summed E-state index contributed by atoms with van der Waals surface area (Å²) in [6, 6.07) is 17.4. The predicted octanol–water partition coefficient (Wildman–Crippen LogP) is 7.01. The average molecular weight is 341 g/mol. The van der Waals surface area contributed by atoms with Crippen molar-refractivity contribution in [3.8, 4) is 11.1 Å². The van der Waals surface area contributed by atoms with Crippen LogP contribution < -0.4 is 0 Å². The third-order valence-electron chi connectivity index (χ3n) is 4.74. The maximum Gasteiger partial charge on any atom is 0.161 e. The smallest absolute Gasteiger partial charge is 0.161 e. The summed E-state index contributed by atoms with van der Waals surface area (Å²) in [5, 5.41) is 0. The minimum absolute atomic E-state index is 0.453. The molecule has 120 valence electrons. The van der Waals surface area contributed by atoms with Crippen LogP contribution in [0.2, 0.25) is 13.1 Å². The molecule has 0 amide bonds. The van der Waals surface area contributed by atoms with E-state index in [1.165, 1.54) is 41.5 Å². The number of unbranched alkanes of at least 4 members (excludes halogenated alkanes) is 1. The average Bonchev–Trinajstić information content (AvgIpc) is 2.92. The molecular weight excluding hydrogens is 316 g/mol. The molecule has 1 atom stereocenters. The first kappa shape index (κ1) is 16.5. The summed E-state index contributed by atoms with van der Waals surface area (Å²) in [6.45, 7) is 6.82. The molecule has 23 heavy (non-hydrogen) atoms. The van der Waals surface area contributed by atoms with E-state index in [4.69, 9.17) is 11.1 Å². The molecule has 3 rings (SSSR count). The van der Waals surface area contributed by atoms with Gasteiger partial charge < -0.3 is 0 Å². The molecule has 0 radical (unpaired) electrons. The van der Waals surface area contributed by atoms with Gasteiger partial charge in [0.1, 0.15) is 0 Å². The summed E-state index contributed by atoms with van der Waals surface area (Å²) in [6.07, 6.45) is 6.09. The molecule has 0 N–H and O–H groups in total.